The number of nitrogens with one attached hydrogen (secondary N) is 1. The van der Waals surface area contributed by atoms with Gasteiger partial charge in [0.15, 0.2) is 0 Å². The molecule has 0 aromatic heterocycles. The Hall–Kier alpha value is -1.63. The maximum Gasteiger partial charge on any atom is 0.338 e. The van der Waals surface area contributed by atoms with E-state index in [1.807, 2.05) is 6.92 Å². The fourth-order valence-electron chi connectivity index (χ4n) is 1.48. The van der Waals surface area contributed by atoms with E-state index < -0.39 is 28.1 Å². The van der Waals surface area contributed by atoms with Crippen molar-refractivity contribution in [3.63, 3.8) is 0 Å². The van der Waals surface area contributed by atoms with Gasteiger partial charge in [-0.05, 0) is 18.6 Å². The summed E-state index contributed by atoms with van der Waals surface area (Å²) in [5, 5.41) is 11.7. The van der Waals surface area contributed by atoms with Crippen molar-refractivity contribution in [3.05, 3.63) is 23.5 Å². The Labute approximate surface area is 113 Å². The van der Waals surface area contributed by atoms with Crippen LogP contribution in [0.2, 0.25) is 0 Å². The lowest BCUT2D eigenvalue weighted by Crippen LogP contribution is -2.15. The van der Waals surface area contributed by atoms with Gasteiger partial charge >= 0.3 is 5.97 Å². The number of hydrogen-bond acceptors (Lipinski definition) is 4. The predicted octanol–water partition coefficient (Wildman–Crippen LogP) is 1.68. The molecule has 7 heteroatoms. The van der Waals surface area contributed by atoms with Crippen LogP contribution in [0, 0.1) is 5.82 Å². The smallest absolute Gasteiger partial charge is 0.338 e. The Bertz CT molecular complexity index is 508. The van der Waals surface area contributed by atoms with Crippen molar-refractivity contribution >= 4 is 28.1 Å². The highest BCUT2D eigenvalue weighted by Gasteiger charge is 2.14. The van der Waals surface area contributed by atoms with Gasteiger partial charge in [-0.15, -0.1) is 0 Å². The largest absolute Gasteiger partial charge is 0.478 e. The molecule has 5 nitrogen and oxygen atoms in total. The van der Waals surface area contributed by atoms with Crippen LogP contribution in [0.3, 0.4) is 0 Å². The molecule has 1 rings (SSSR count). The summed E-state index contributed by atoms with van der Waals surface area (Å²) in [4.78, 5) is 10.7. The Balaban J connectivity index is 2.72. The van der Waals surface area contributed by atoms with Gasteiger partial charge < -0.3 is 16.2 Å². The summed E-state index contributed by atoms with van der Waals surface area (Å²) < 4.78 is 24.6. The molecule has 1 aromatic rings. The summed E-state index contributed by atoms with van der Waals surface area (Å²) >= 11 is 0. The lowest BCUT2D eigenvalue weighted by molar-refractivity contribution is 0.0692. The quantitative estimate of drug-likeness (QED) is 0.693. The average Bonchev–Trinajstić information content (AvgIpc) is 2.32. The second kappa shape index (κ2) is 6.51. The van der Waals surface area contributed by atoms with E-state index in [2.05, 4.69) is 5.32 Å². The van der Waals surface area contributed by atoms with Gasteiger partial charge in [-0.3, -0.25) is 4.21 Å². The zero-order chi connectivity index (χ0) is 14.6. The lowest BCUT2D eigenvalue weighted by atomic mass is 10.1. The third kappa shape index (κ3) is 4.20. The van der Waals surface area contributed by atoms with Crippen LogP contribution in [0.1, 0.15) is 23.7 Å². The summed E-state index contributed by atoms with van der Waals surface area (Å²) in [6, 6.07) is 2.15. The third-order valence-electron chi connectivity index (χ3n) is 2.80. The minimum atomic E-state index is -1.36. The van der Waals surface area contributed by atoms with E-state index in [0.717, 1.165) is 12.1 Å². The minimum absolute atomic E-state index is 0.0249. The molecule has 0 aliphatic carbocycles. The van der Waals surface area contributed by atoms with E-state index in [9.17, 15) is 13.4 Å². The van der Waals surface area contributed by atoms with Crippen LogP contribution in [0.4, 0.5) is 15.8 Å². The Morgan fingerprint density at radius 2 is 2.21 bits per heavy atom. The van der Waals surface area contributed by atoms with E-state index in [-0.39, 0.29) is 10.9 Å². The number of carboxylic acid groups (broad SMARTS) is 1. The van der Waals surface area contributed by atoms with Crippen molar-refractivity contribution in [1.29, 1.82) is 0 Å². The molecule has 0 aliphatic rings. The summed E-state index contributed by atoms with van der Waals surface area (Å²) in [5.74, 6) is -2.19. The van der Waals surface area contributed by atoms with Gasteiger partial charge in [-0.25, -0.2) is 9.18 Å². The Morgan fingerprint density at radius 1 is 1.58 bits per heavy atom. The van der Waals surface area contributed by atoms with Gasteiger partial charge in [-0.1, -0.05) is 6.92 Å². The zero-order valence-corrected chi connectivity index (χ0v) is 11.6. The molecular formula is C12H17FN2O3S. The van der Waals surface area contributed by atoms with E-state index in [1.165, 1.54) is 0 Å². The fourth-order valence-corrected chi connectivity index (χ4v) is 1.93. The van der Waals surface area contributed by atoms with Gasteiger partial charge in [0.25, 0.3) is 0 Å². The van der Waals surface area contributed by atoms with E-state index >= 15 is 0 Å². The number of hydrogen-bond donors (Lipinski definition) is 3. The topological polar surface area (TPSA) is 92.4 Å². The molecule has 0 saturated heterocycles. The molecule has 106 valence electrons. The monoisotopic (exact) mass is 288 g/mol. The molecule has 0 amide bonds. The first-order chi connectivity index (χ1) is 8.82. The normalized spacial score (nSPS) is 13.8. The first-order valence-corrected chi connectivity index (χ1v) is 7.33. The second-order valence-corrected chi connectivity index (χ2v) is 6.05. The van der Waals surface area contributed by atoms with Gasteiger partial charge in [-0.2, -0.15) is 0 Å². The molecule has 0 saturated carbocycles. The van der Waals surface area contributed by atoms with E-state index in [0.29, 0.717) is 18.7 Å². The van der Waals surface area contributed by atoms with Gasteiger partial charge in [0.1, 0.15) is 5.82 Å². The van der Waals surface area contributed by atoms with E-state index in [4.69, 9.17) is 10.8 Å². The highest BCUT2D eigenvalue weighted by atomic mass is 32.2. The number of carboxylic acids is 1. The standard InChI is InChI=1S/C12H17FN2O3S/c1-7(19(2)18)3-4-15-11-6-9(13)8(12(16)17)5-10(11)14/h5-7,15H,3-4,14H2,1-2H3,(H,16,17). The van der Waals surface area contributed by atoms with Gasteiger partial charge in [0, 0.05) is 28.9 Å². The molecule has 0 heterocycles. The third-order valence-corrected chi connectivity index (χ3v) is 4.17. The average molecular weight is 288 g/mol. The molecular weight excluding hydrogens is 271 g/mol. The summed E-state index contributed by atoms with van der Waals surface area (Å²) in [6.45, 7) is 2.34. The summed E-state index contributed by atoms with van der Waals surface area (Å²) in [6.07, 6.45) is 2.27. The van der Waals surface area contributed by atoms with Crippen LogP contribution in [-0.2, 0) is 10.8 Å². The SMILES string of the molecule is CC(CCNc1cc(F)c(C(=O)O)cc1N)S(C)=O. The zero-order valence-electron chi connectivity index (χ0n) is 10.8. The summed E-state index contributed by atoms with van der Waals surface area (Å²) in [5.41, 5.74) is 5.71. The number of nitrogens with two attached hydrogens (primary N) is 1. The Kier molecular flexibility index (Phi) is 5.29. The maximum absolute atomic E-state index is 13.5. The fraction of sp³-hybridized carbons (Fsp3) is 0.417. The van der Waals surface area contributed by atoms with Crippen molar-refractivity contribution < 1.29 is 18.5 Å². The molecule has 0 spiro atoms. The highest BCUT2D eigenvalue weighted by Crippen LogP contribution is 2.23. The van der Waals surface area contributed by atoms with Crippen LogP contribution in [-0.4, -0.2) is 33.3 Å². The molecule has 0 radical (unpaired) electrons. The van der Waals surface area contributed by atoms with Crippen LogP contribution >= 0.6 is 0 Å². The van der Waals surface area contributed by atoms with Crippen LogP contribution < -0.4 is 11.1 Å². The van der Waals surface area contributed by atoms with Gasteiger partial charge in [0.05, 0.1) is 16.9 Å². The second-order valence-electron chi connectivity index (χ2n) is 4.25. The molecule has 2 atom stereocenters. The molecule has 2 unspecified atom stereocenters. The number of carbonyl (C=O) groups is 1. The van der Waals surface area contributed by atoms with Crippen LogP contribution in [0.5, 0.6) is 0 Å². The first kappa shape index (κ1) is 15.4. The maximum atomic E-state index is 13.5. The molecule has 1 aromatic carbocycles. The van der Waals surface area contributed by atoms with Crippen molar-refractivity contribution in [2.24, 2.45) is 0 Å². The molecule has 0 bridgehead atoms. The van der Waals surface area contributed by atoms with Crippen LogP contribution in [0.25, 0.3) is 0 Å². The van der Waals surface area contributed by atoms with Crippen molar-refractivity contribution in [1.82, 2.24) is 0 Å². The van der Waals surface area contributed by atoms with Gasteiger partial charge in [0.2, 0.25) is 0 Å². The highest BCUT2D eigenvalue weighted by molar-refractivity contribution is 7.84. The minimum Gasteiger partial charge on any atom is -0.478 e. The molecule has 19 heavy (non-hydrogen) atoms. The van der Waals surface area contributed by atoms with Crippen LogP contribution in [0.15, 0.2) is 12.1 Å². The number of rotatable bonds is 6. The first-order valence-electron chi connectivity index (χ1n) is 5.71. The summed E-state index contributed by atoms with van der Waals surface area (Å²) in [7, 11) is -0.911. The number of nitrogen functional groups attached to an aromatic ring is 1. The van der Waals surface area contributed by atoms with Crippen molar-refractivity contribution in [2.75, 3.05) is 23.9 Å². The van der Waals surface area contributed by atoms with E-state index in [1.54, 1.807) is 6.26 Å². The molecule has 0 fully saturated rings. The number of benzene rings is 1. The number of aromatic carboxylic acids is 1. The predicted molar refractivity (Wildman–Crippen MR) is 74.4 cm³/mol. The lowest BCUT2D eigenvalue weighted by Gasteiger charge is -2.13. The van der Waals surface area contributed by atoms with Crippen molar-refractivity contribution in [2.45, 2.75) is 18.6 Å². The number of halogens is 1. The number of anilines is 2. The molecule has 0 aliphatic heterocycles. The Morgan fingerprint density at radius 3 is 2.74 bits per heavy atom. The molecule has 4 N–H and O–H groups in total. The van der Waals surface area contributed by atoms with Crippen molar-refractivity contribution in [3.8, 4) is 0 Å².